The van der Waals surface area contributed by atoms with Gasteiger partial charge >= 0.3 is 0 Å². The third kappa shape index (κ3) is 4.39. The van der Waals surface area contributed by atoms with E-state index < -0.39 is 0 Å². The van der Waals surface area contributed by atoms with E-state index in [1.165, 1.54) is 25.7 Å². The van der Waals surface area contributed by atoms with Crippen LogP contribution in [0.4, 0.5) is 0 Å². The molecule has 0 bridgehead atoms. The molecule has 0 unspecified atom stereocenters. The van der Waals surface area contributed by atoms with E-state index in [1.807, 2.05) is 0 Å². The number of likely N-dealkylation sites (tertiary alicyclic amines) is 1. The van der Waals surface area contributed by atoms with Gasteiger partial charge in [-0.25, -0.2) is 0 Å². The van der Waals surface area contributed by atoms with E-state index >= 15 is 0 Å². The molecular weight excluding hydrogens is 318 g/mol. The molecule has 1 N–H and O–H groups in total. The number of carbonyl (C=O) groups excluding carboxylic acids is 1. The molecule has 1 aliphatic heterocycles. The zero-order valence-electron chi connectivity index (χ0n) is 15.3. The van der Waals surface area contributed by atoms with Crippen molar-refractivity contribution in [2.75, 3.05) is 26.7 Å². The van der Waals surface area contributed by atoms with Crippen LogP contribution in [-0.4, -0.2) is 64.6 Å². The van der Waals surface area contributed by atoms with E-state index in [0.29, 0.717) is 37.0 Å². The van der Waals surface area contributed by atoms with Crippen LogP contribution in [0.2, 0.25) is 0 Å². The molecule has 0 aromatic carbocycles. The molecule has 2 saturated carbocycles. The second-order valence-electron chi connectivity index (χ2n) is 8.11. The minimum absolute atomic E-state index is 0.162. The van der Waals surface area contributed by atoms with Crippen molar-refractivity contribution < 1.29 is 9.32 Å². The molecule has 7 nitrogen and oxygen atoms in total. The molecule has 0 radical (unpaired) electrons. The van der Waals surface area contributed by atoms with Crippen LogP contribution in [-0.2, 0) is 11.3 Å². The Bertz CT molecular complexity index is 610. The number of nitrogens with zero attached hydrogens (tertiary/aromatic N) is 4. The third-order valence-corrected chi connectivity index (χ3v) is 5.76. The smallest absolute Gasteiger partial charge is 0.234 e. The van der Waals surface area contributed by atoms with Crippen LogP contribution in [0.5, 0.6) is 0 Å². The Morgan fingerprint density at radius 2 is 2.16 bits per heavy atom. The van der Waals surface area contributed by atoms with Crippen LogP contribution >= 0.6 is 0 Å². The van der Waals surface area contributed by atoms with Crippen molar-refractivity contribution >= 4 is 5.91 Å². The molecule has 0 spiro atoms. The van der Waals surface area contributed by atoms with Gasteiger partial charge in [0.1, 0.15) is 0 Å². The largest absolute Gasteiger partial charge is 0.352 e. The molecule has 1 aromatic rings. The lowest BCUT2D eigenvalue weighted by molar-refractivity contribution is -0.122. The van der Waals surface area contributed by atoms with Crippen LogP contribution in [0.1, 0.15) is 56.7 Å². The molecule has 3 fully saturated rings. The minimum atomic E-state index is 0.162. The first kappa shape index (κ1) is 17.0. The van der Waals surface area contributed by atoms with Gasteiger partial charge in [-0.2, -0.15) is 4.98 Å². The fourth-order valence-corrected chi connectivity index (χ4v) is 3.71. The maximum Gasteiger partial charge on any atom is 0.234 e. The maximum absolute atomic E-state index is 12.2. The highest BCUT2D eigenvalue weighted by Crippen LogP contribution is 2.38. The number of carbonyl (C=O) groups is 1. The van der Waals surface area contributed by atoms with Crippen molar-refractivity contribution in [2.24, 2.45) is 5.92 Å². The molecule has 1 saturated heterocycles. The summed E-state index contributed by atoms with van der Waals surface area (Å²) in [5.74, 6) is 2.95. The summed E-state index contributed by atoms with van der Waals surface area (Å²) in [4.78, 5) is 21.2. The van der Waals surface area contributed by atoms with Gasteiger partial charge in [0.15, 0.2) is 5.82 Å². The van der Waals surface area contributed by atoms with Gasteiger partial charge in [-0.3, -0.25) is 14.6 Å². The van der Waals surface area contributed by atoms with Crippen LogP contribution < -0.4 is 5.32 Å². The normalized spacial score (nSPS) is 25.5. The first-order valence-electron chi connectivity index (χ1n) is 9.63. The number of likely N-dealkylation sites (N-methyl/N-ethyl adjacent to an activating group) is 1. The van der Waals surface area contributed by atoms with Crippen LogP contribution in [0.15, 0.2) is 4.52 Å². The van der Waals surface area contributed by atoms with Gasteiger partial charge in [0.2, 0.25) is 11.8 Å². The molecule has 3 aliphatic rings. The van der Waals surface area contributed by atoms with Gasteiger partial charge in [-0.05, 0) is 52.0 Å². The van der Waals surface area contributed by atoms with Crippen molar-refractivity contribution in [2.45, 2.75) is 63.6 Å². The van der Waals surface area contributed by atoms with Crippen LogP contribution in [0, 0.1) is 5.92 Å². The van der Waals surface area contributed by atoms with Crippen molar-refractivity contribution in [3.05, 3.63) is 11.7 Å². The Kier molecular flexibility index (Phi) is 4.78. The molecular formula is C18H29N5O2. The van der Waals surface area contributed by atoms with E-state index in [0.717, 1.165) is 31.2 Å². The van der Waals surface area contributed by atoms with Crippen molar-refractivity contribution in [3.63, 3.8) is 0 Å². The zero-order valence-corrected chi connectivity index (χ0v) is 15.3. The Balaban J connectivity index is 1.21. The average molecular weight is 347 g/mol. The third-order valence-electron chi connectivity index (χ3n) is 5.76. The second-order valence-corrected chi connectivity index (χ2v) is 8.11. The molecule has 1 aromatic heterocycles. The minimum Gasteiger partial charge on any atom is -0.352 e. The quantitative estimate of drug-likeness (QED) is 0.765. The van der Waals surface area contributed by atoms with Gasteiger partial charge in [0.05, 0.1) is 13.1 Å². The highest BCUT2D eigenvalue weighted by molar-refractivity contribution is 5.78. The standard InChI is InChI=1S/C18H29N5O2/c1-12(13-3-4-13)19-17(24)11-23-8-7-15(9-23)22(2)10-16-20-18(25-21-16)14-5-6-14/h12-15H,3-11H2,1-2H3,(H,19,24)/t12-,15-/m1/s1. The maximum atomic E-state index is 12.2. The van der Waals surface area contributed by atoms with Crippen molar-refractivity contribution in [1.29, 1.82) is 0 Å². The number of hydrogen-bond acceptors (Lipinski definition) is 6. The number of rotatable bonds is 8. The summed E-state index contributed by atoms with van der Waals surface area (Å²) in [7, 11) is 2.11. The van der Waals surface area contributed by atoms with Gasteiger partial charge in [-0.15, -0.1) is 0 Å². The average Bonchev–Trinajstić information content (AvgIpc) is 3.50. The monoisotopic (exact) mass is 347 g/mol. The highest BCUT2D eigenvalue weighted by Gasteiger charge is 2.32. The van der Waals surface area contributed by atoms with Crippen LogP contribution in [0.25, 0.3) is 0 Å². The molecule has 7 heteroatoms. The Labute approximate surface area is 149 Å². The summed E-state index contributed by atoms with van der Waals surface area (Å²) in [6, 6.07) is 0.768. The van der Waals surface area contributed by atoms with Gasteiger partial charge < -0.3 is 9.84 Å². The fourth-order valence-electron chi connectivity index (χ4n) is 3.71. The predicted octanol–water partition coefficient (Wildman–Crippen LogP) is 1.37. The lowest BCUT2D eigenvalue weighted by atomic mass is 10.2. The number of amides is 1. The predicted molar refractivity (Wildman–Crippen MR) is 92.9 cm³/mol. The summed E-state index contributed by atoms with van der Waals surface area (Å²) in [6.45, 7) is 5.24. The molecule has 2 heterocycles. The molecule has 2 atom stereocenters. The van der Waals surface area contributed by atoms with E-state index in [-0.39, 0.29) is 5.91 Å². The number of nitrogens with one attached hydrogen (secondary N) is 1. The first-order valence-corrected chi connectivity index (χ1v) is 9.63. The first-order chi connectivity index (χ1) is 12.1. The van der Waals surface area contributed by atoms with Gasteiger partial charge in [0.25, 0.3) is 0 Å². The number of hydrogen-bond donors (Lipinski definition) is 1. The lowest BCUT2D eigenvalue weighted by Crippen LogP contribution is -2.42. The Morgan fingerprint density at radius 3 is 2.88 bits per heavy atom. The fraction of sp³-hybridized carbons (Fsp3) is 0.833. The Morgan fingerprint density at radius 1 is 1.36 bits per heavy atom. The van der Waals surface area contributed by atoms with Gasteiger partial charge in [0, 0.05) is 31.1 Å². The van der Waals surface area contributed by atoms with E-state index in [4.69, 9.17) is 4.52 Å². The van der Waals surface area contributed by atoms with Crippen LogP contribution in [0.3, 0.4) is 0 Å². The summed E-state index contributed by atoms with van der Waals surface area (Å²) in [6.07, 6.45) is 5.95. The molecule has 2 aliphatic carbocycles. The summed E-state index contributed by atoms with van der Waals surface area (Å²) >= 11 is 0. The molecule has 1 amide bonds. The molecule has 138 valence electrons. The summed E-state index contributed by atoms with van der Waals surface area (Å²) in [5.41, 5.74) is 0. The SMILES string of the molecule is C[C@@H](NC(=O)CN1CC[C@@H](N(C)Cc2noc(C3CC3)n2)C1)C1CC1. The topological polar surface area (TPSA) is 74.5 Å². The number of aromatic nitrogens is 2. The van der Waals surface area contributed by atoms with E-state index in [2.05, 4.69) is 39.2 Å². The highest BCUT2D eigenvalue weighted by atomic mass is 16.5. The van der Waals surface area contributed by atoms with E-state index in [9.17, 15) is 4.79 Å². The molecule has 4 rings (SSSR count). The summed E-state index contributed by atoms with van der Waals surface area (Å²) < 4.78 is 5.34. The zero-order chi connectivity index (χ0) is 17.4. The summed E-state index contributed by atoms with van der Waals surface area (Å²) in [5, 5.41) is 7.25. The second kappa shape index (κ2) is 7.03. The lowest BCUT2D eigenvalue weighted by Gasteiger charge is -2.23. The van der Waals surface area contributed by atoms with Crippen molar-refractivity contribution in [3.8, 4) is 0 Å². The molecule has 25 heavy (non-hydrogen) atoms. The van der Waals surface area contributed by atoms with Gasteiger partial charge in [-0.1, -0.05) is 5.16 Å². The Hall–Kier alpha value is -1.47. The van der Waals surface area contributed by atoms with Crippen molar-refractivity contribution in [1.82, 2.24) is 25.3 Å². The van der Waals surface area contributed by atoms with E-state index in [1.54, 1.807) is 0 Å².